The Balaban J connectivity index is 0.000000313. The molecule has 1 aliphatic heterocycles. The molecule has 1 saturated heterocycles. The molecule has 8 heteroatoms. The van der Waals surface area contributed by atoms with E-state index in [0.29, 0.717) is 11.8 Å². The smallest absolute Gasteiger partial charge is 0.219 e. The van der Waals surface area contributed by atoms with E-state index in [9.17, 15) is 9.59 Å². The zero-order chi connectivity index (χ0) is 25.9. The Hall–Kier alpha value is -1.09. The molecule has 2 aliphatic carbocycles. The van der Waals surface area contributed by atoms with Crippen molar-refractivity contribution in [2.45, 2.75) is 78.3 Å². The molecule has 1 aromatic carbocycles. The van der Waals surface area contributed by atoms with Gasteiger partial charge in [0.2, 0.25) is 12.3 Å². The van der Waals surface area contributed by atoms with Crippen molar-refractivity contribution in [3.8, 4) is 0 Å². The molecule has 4 atom stereocenters. The van der Waals surface area contributed by atoms with E-state index in [1.165, 1.54) is 29.7 Å². The van der Waals surface area contributed by atoms with Crippen LogP contribution in [0.4, 0.5) is 0 Å². The second-order valence-electron chi connectivity index (χ2n) is 8.71. The summed E-state index contributed by atoms with van der Waals surface area (Å²) in [5, 5.41) is 2.80. The number of piperazine rings is 1. The number of nitrogens with one attached hydrogen (secondary N) is 1. The molecule has 0 radical (unpaired) electrons. The Morgan fingerprint density at radius 3 is 2.29 bits per heavy atom. The maximum absolute atomic E-state index is 11.3. The summed E-state index contributed by atoms with van der Waals surface area (Å²) in [6.45, 7) is 17.4. The molecule has 3 N–H and O–H groups in total. The first kappa shape index (κ1) is 30.9. The summed E-state index contributed by atoms with van der Waals surface area (Å²) in [4.78, 5) is 24.8. The number of amides is 2. The number of carbonyl (C=O) groups excluding carboxylic acids is 2. The molecule has 2 amide bonds. The molecule has 4 unspecified atom stereocenters. The average Bonchev–Trinajstić information content (AvgIpc) is 3.42. The largest absolute Gasteiger partial charge is 0.340 e. The van der Waals surface area contributed by atoms with Gasteiger partial charge in [-0.3, -0.25) is 9.59 Å². The van der Waals surface area contributed by atoms with Crippen molar-refractivity contribution in [1.82, 2.24) is 14.5 Å². The SMILES string of the molecule is CC.CC.CC(=O)N1CCN(Sc2cc(C)ccc2Br)CC1.CC1C2CCC(C2)C1(N)NC=O. The Kier molecular flexibility index (Phi) is 13.8. The van der Waals surface area contributed by atoms with Gasteiger partial charge in [0.05, 0.1) is 5.66 Å². The van der Waals surface area contributed by atoms with Crippen LogP contribution < -0.4 is 11.1 Å². The van der Waals surface area contributed by atoms with Gasteiger partial charge in [0.25, 0.3) is 0 Å². The van der Waals surface area contributed by atoms with Gasteiger partial charge in [-0.05, 0) is 89.5 Å². The Bertz CT molecular complexity index is 769. The molecule has 3 aliphatic rings. The quantitative estimate of drug-likeness (QED) is 0.293. The molecule has 4 rings (SSSR count). The first-order valence-corrected chi connectivity index (χ1v) is 14.3. The van der Waals surface area contributed by atoms with Crippen LogP contribution in [-0.2, 0) is 9.59 Å². The van der Waals surface area contributed by atoms with Crippen molar-refractivity contribution in [3.05, 3.63) is 28.2 Å². The summed E-state index contributed by atoms with van der Waals surface area (Å²) in [6.07, 6.45) is 4.44. The van der Waals surface area contributed by atoms with Crippen LogP contribution in [0.5, 0.6) is 0 Å². The highest BCUT2D eigenvalue weighted by atomic mass is 79.9. The van der Waals surface area contributed by atoms with Crippen molar-refractivity contribution >= 4 is 40.2 Å². The second-order valence-corrected chi connectivity index (χ2v) is 10.7. The maximum Gasteiger partial charge on any atom is 0.219 e. The molecule has 2 bridgehead atoms. The highest BCUT2D eigenvalue weighted by Gasteiger charge is 2.53. The summed E-state index contributed by atoms with van der Waals surface area (Å²) in [7, 11) is 0. The summed E-state index contributed by atoms with van der Waals surface area (Å²) in [6, 6.07) is 6.37. The zero-order valence-corrected chi connectivity index (χ0v) is 24.5. The molecule has 1 aromatic rings. The van der Waals surface area contributed by atoms with Crippen LogP contribution in [0, 0.1) is 24.7 Å². The third-order valence-corrected chi connectivity index (χ3v) is 9.03. The minimum atomic E-state index is -0.398. The third-order valence-electron chi connectivity index (χ3n) is 6.92. The highest BCUT2D eigenvalue weighted by molar-refractivity contribution is 9.10. The van der Waals surface area contributed by atoms with Crippen molar-refractivity contribution in [2.75, 3.05) is 26.2 Å². The van der Waals surface area contributed by atoms with E-state index in [2.05, 4.69) is 57.6 Å². The summed E-state index contributed by atoms with van der Waals surface area (Å²) < 4.78 is 3.45. The molecule has 0 aromatic heterocycles. The molecule has 2 saturated carbocycles. The van der Waals surface area contributed by atoms with Crippen molar-refractivity contribution < 1.29 is 9.59 Å². The van der Waals surface area contributed by atoms with E-state index < -0.39 is 5.66 Å². The van der Waals surface area contributed by atoms with Gasteiger partial charge in [0, 0.05) is 42.5 Å². The van der Waals surface area contributed by atoms with Crippen LogP contribution in [0.2, 0.25) is 0 Å². The number of carbonyl (C=O) groups is 2. The van der Waals surface area contributed by atoms with Gasteiger partial charge in [-0.15, -0.1) is 0 Å². The molecular formula is C26H45BrN4O2S. The van der Waals surface area contributed by atoms with E-state index in [4.69, 9.17) is 5.73 Å². The predicted molar refractivity (Wildman–Crippen MR) is 147 cm³/mol. The molecule has 34 heavy (non-hydrogen) atoms. The number of nitrogens with zero attached hydrogens (tertiary/aromatic N) is 2. The number of rotatable bonds is 4. The van der Waals surface area contributed by atoms with Gasteiger partial charge >= 0.3 is 0 Å². The van der Waals surface area contributed by atoms with Crippen LogP contribution in [-0.4, -0.2) is 53.4 Å². The van der Waals surface area contributed by atoms with E-state index in [1.807, 2.05) is 32.6 Å². The summed E-state index contributed by atoms with van der Waals surface area (Å²) in [5.74, 6) is 1.88. The van der Waals surface area contributed by atoms with Gasteiger partial charge in [0.1, 0.15) is 0 Å². The first-order valence-electron chi connectivity index (χ1n) is 12.7. The van der Waals surface area contributed by atoms with Gasteiger partial charge in [0.15, 0.2) is 0 Å². The van der Waals surface area contributed by atoms with Crippen LogP contribution >= 0.6 is 27.9 Å². The topological polar surface area (TPSA) is 78.7 Å². The lowest BCUT2D eigenvalue weighted by atomic mass is 9.81. The van der Waals surface area contributed by atoms with Crippen LogP contribution in [0.1, 0.15) is 66.4 Å². The predicted octanol–water partition coefficient (Wildman–Crippen LogP) is 5.43. The van der Waals surface area contributed by atoms with E-state index in [1.54, 1.807) is 18.9 Å². The number of fused-ring (bicyclic) bond motifs is 2. The average molecular weight is 558 g/mol. The summed E-state index contributed by atoms with van der Waals surface area (Å²) in [5.41, 5.74) is 7.02. The fraction of sp³-hybridized carbons (Fsp3) is 0.692. The second kappa shape index (κ2) is 15.1. The molecule has 194 valence electrons. The molecule has 6 nitrogen and oxygen atoms in total. The number of hydrogen-bond donors (Lipinski definition) is 2. The Morgan fingerprint density at radius 1 is 1.18 bits per heavy atom. The van der Waals surface area contributed by atoms with Gasteiger partial charge in [-0.2, -0.15) is 0 Å². The number of nitrogens with two attached hydrogens (primary N) is 1. The number of aryl methyl sites for hydroxylation is 1. The zero-order valence-electron chi connectivity index (χ0n) is 22.1. The van der Waals surface area contributed by atoms with Crippen molar-refractivity contribution in [2.24, 2.45) is 23.5 Å². The standard InChI is InChI=1S/C13H17BrN2OS.C9H16N2O.2C2H6/c1-10-3-4-12(14)13(9-10)18-16-7-5-15(6-8-16)11(2)17;1-6-7-2-3-8(4-7)9(6,10)11-5-12;2*1-2/h3-4,9H,5-8H2,1-2H3;5-8H,2-4,10H2,1H3,(H,11,12);2*1-2H3. The van der Waals surface area contributed by atoms with E-state index in [0.717, 1.165) is 43.0 Å². The van der Waals surface area contributed by atoms with Gasteiger partial charge in [-0.1, -0.05) is 40.7 Å². The lowest BCUT2D eigenvalue weighted by molar-refractivity contribution is -0.129. The lowest BCUT2D eigenvalue weighted by Gasteiger charge is -2.38. The van der Waals surface area contributed by atoms with Crippen molar-refractivity contribution in [3.63, 3.8) is 0 Å². The van der Waals surface area contributed by atoms with Crippen LogP contribution in [0.25, 0.3) is 0 Å². The van der Waals surface area contributed by atoms with E-state index in [-0.39, 0.29) is 5.91 Å². The Labute approximate surface area is 220 Å². The number of halogens is 1. The maximum atomic E-state index is 11.3. The summed E-state index contributed by atoms with van der Waals surface area (Å²) >= 11 is 5.35. The highest BCUT2D eigenvalue weighted by Crippen LogP contribution is 2.51. The lowest BCUT2D eigenvalue weighted by Crippen LogP contribution is -2.61. The van der Waals surface area contributed by atoms with Crippen LogP contribution in [0.3, 0.4) is 0 Å². The molecule has 1 heterocycles. The van der Waals surface area contributed by atoms with Gasteiger partial charge < -0.3 is 16.0 Å². The normalized spacial score (nSPS) is 27.3. The fourth-order valence-electron chi connectivity index (χ4n) is 4.93. The first-order chi connectivity index (χ1) is 16.2. The number of hydrogen-bond acceptors (Lipinski definition) is 5. The fourth-order valence-corrected chi connectivity index (χ4v) is 6.41. The van der Waals surface area contributed by atoms with Gasteiger partial charge in [-0.25, -0.2) is 4.31 Å². The number of benzene rings is 1. The van der Waals surface area contributed by atoms with Crippen molar-refractivity contribution in [1.29, 1.82) is 0 Å². The van der Waals surface area contributed by atoms with E-state index >= 15 is 0 Å². The Morgan fingerprint density at radius 2 is 1.79 bits per heavy atom. The molecular weight excluding hydrogens is 512 g/mol. The minimum Gasteiger partial charge on any atom is -0.340 e. The minimum absolute atomic E-state index is 0.177. The monoisotopic (exact) mass is 556 g/mol. The molecule has 3 fully saturated rings. The third kappa shape index (κ3) is 7.97. The molecule has 0 spiro atoms. The van der Waals surface area contributed by atoms with Crippen LogP contribution in [0.15, 0.2) is 27.6 Å².